The Labute approximate surface area is 312 Å². The van der Waals surface area contributed by atoms with E-state index in [4.69, 9.17) is 5.11 Å². The fourth-order valence-corrected chi connectivity index (χ4v) is 5.66. The van der Waals surface area contributed by atoms with Gasteiger partial charge in [0.1, 0.15) is 0 Å². The maximum absolute atomic E-state index is 14.1. The number of carbonyl (C=O) groups is 5. The van der Waals surface area contributed by atoms with E-state index in [9.17, 15) is 52.2 Å². The first kappa shape index (κ1) is 41.2. The number of anilines is 1. The minimum atomic E-state index is -4.71. The van der Waals surface area contributed by atoms with E-state index in [2.05, 4.69) is 42.3 Å². The highest BCUT2D eigenvalue weighted by atomic mass is 79.9. The van der Waals surface area contributed by atoms with Gasteiger partial charge in [-0.05, 0) is 62.7 Å². The van der Waals surface area contributed by atoms with Crippen molar-refractivity contribution in [3.05, 3.63) is 97.9 Å². The Bertz CT molecular complexity index is 2040. The average Bonchev–Trinajstić information content (AvgIpc) is 3.13. The van der Waals surface area contributed by atoms with Crippen molar-refractivity contribution in [3.63, 3.8) is 0 Å². The van der Waals surface area contributed by atoms with E-state index < -0.39 is 78.2 Å². The maximum Gasteiger partial charge on any atom is 0.419 e. The number of carbonyl (C=O) groups excluding carboxylic acids is 4. The number of nitrogens with zero attached hydrogens (tertiary/aromatic N) is 4. The molecule has 0 fully saturated rings. The van der Waals surface area contributed by atoms with Crippen LogP contribution in [-0.4, -0.2) is 103 Å². The van der Waals surface area contributed by atoms with Crippen LogP contribution in [0, 0.1) is 0 Å². The van der Waals surface area contributed by atoms with Gasteiger partial charge in [0.2, 0.25) is 12.7 Å². The topological polar surface area (TPSA) is 218 Å². The summed E-state index contributed by atoms with van der Waals surface area (Å²) in [5.74, 6) is -5.04. The third-order valence-corrected chi connectivity index (χ3v) is 8.92. The Balaban J connectivity index is 1.57. The third-order valence-electron chi connectivity index (χ3n) is 8.23. The van der Waals surface area contributed by atoms with Crippen LogP contribution in [0.2, 0.25) is 0 Å². The molecule has 3 amide bonds. The van der Waals surface area contributed by atoms with Crippen LogP contribution in [0.1, 0.15) is 51.4 Å². The van der Waals surface area contributed by atoms with Crippen molar-refractivity contribution in [2.75, 3.05) is 19.2 Å². The van der Waals surface area contributed by atoms with E-state index in [0.29, 0.717) is 4.90 Å². The number of ether oxygens (including phenoxy) is 2. The number of hydrogen-bond donors (Lipinski definition) is 4. The van der Waals surface area contributed by atoms with E-state index in [-0.39, 0.29) is 51.5 Å². The van der Waals surface area contributed by atoms with Crippen LogP contribution in [0.3, 0.4) is 0 Å². The molecule has 0 saturated heterocycles. The number of aliphatic carboxylic acids is 1. The molecule has 1 aromatic heterocycles. The zero-order chi connectivity index (χ0) is 40.2. The smallest absolute Gasteiger partial charge is 0.419 e. The highest BCUT2D eigenvalue weighted by molar-refractivity contribution is 9.10. The molecule has 4 unspecified atom stereocenters. The van der Waals surface area contributed by atoms with Crippen molar-refractivity contribution in [3.8, 4) is 5.69 Å². The molecule has 3 aromatic rings. The van der Waals surface area contributed by atoms with Gasteiger partial charge in [-0.3, -0.25) is 14.4 Å². The molecule has 2 heterocycles. The molecule has 2 aromatic carbocycles. The highest BCUT2D eigenvalue weighted by Gasteiger charge is 2.36. The predicted molar refractivity (Wildman–Crippen MR) is 184 cm³/mol. The lowest BCUT2D eigenvalue weighted by Crippen LogP contribution is -2.46. The molecule has 4 rings (SSSR count). The number of rotatable bonds is 11. The number of halogens is 4. The lowest BCUT2D eigenvalue weighted by atomic mass is 9.98. The zero-order valence-corrected chi connectivity index (χ0v) is 30.3. The Morgan fingerprint density at radius 1 is 1.09 bits per heavy atom. The number of fused-ring (bicyclic) bond motifs is 1. The van der Waals surface area contributed by atoms with Crippen molar-refractivity contribution in [1.29, 1.82) is 0 Å². The summed E-state index contributed by atoms with van der Waals surface area (Å²) in [6, 6.07) is 7.54. The number of imide groups is 1. The number of nitrogens with one attached hydrogen (secondary N) is 1. The van der Waals surface area contributed by atoms with Gasteiger partial charge in [-0.2, -0.15) is 13.2 Å². The van der Waals surface area contributed by atoms with Gasteiger partial charge in [-0.15, -0.1) is 6.58 Å². The average molecular weight is 825 g/mol. The number of amides is 3. The van der Waals surface area contributed by atoms with Crippen molar-refractivity contribution in [2.24, 2.45) is 0 Å². The monoisotopic (exact) mass is 823 g/mol. The quantitative estimate of drug-likeness (QED) is 0.124. The third kappa shape index (κ3) is 8.95. The molecule has 0 radical (unpaired) electrons. The minimum absolute atomic E-state index is 0.0186. The molecule has 0 saturated carbocycles. The van der Waals surface area contributed by atoms with Gasteiger partial charge in [0.15, 0.2) is 12.2 Å². The second-order valence-corrected chi connectivity index (χ2v) is 12.8. The van der Waals surface area contributed by atoms with Crippen LogP contribution in [0.15, 0.2) is 64.4 Å². The van der Waals surface area contributed by atoms with E-state index in [0.717, 1.165) is 19.2 Å². The minimum Gasteiger partial charge on any atom is -0.479 e. The molecule has 1 aliphatic rings. The first-order valence-corrected chi connectivity index (χ1v) is 16.6. The molecule has 16 nitrogen and oxygen atoms in total. The summed E-state index contributed by atoms with van der Waals surface area (Å²) in [4.78, 5) is 81.8. The van der Waals surface area contributed by atoms with Crippen LogP contribution in [0.5, 0.6) is 0 Å². The number of alkyl halides is 3. The summed E-state index contributed by atoms with van der Waals surface area (Å²) in [6.45, 7) is 5.80. The molecule has 0 spiro atoms. The molecule has 0 aliphatic carbocycles. The second kappa shape index (κ2) is 16.6. The SMILES string of the molecule is C=CC(C)Nc1nc2c(c(=O)n1-c1ccc(C(=O)N(C)C(=O)OCOC(=O)C(O)C(O)C(=O)O)cc1)CC(C)N(C(=O)c1ccc(Br)c(C(F)(F)F)c1)C2. The van der Waals surface area contributed by atoms with Crippen molar-refractivity contribution in [2.45, 2.75) is 57.3 Å². The Hall–Kier alpha value is -5.60. The van der Waals surface area contributed by atoms with Crippen LogP contribution in [-0.2, 0) is 38.2 Å². The molecule has 0 bridgehead atoms. The molecule has 1 aliphatic heterocycles. The summed E-state index contributed by atoms with van der Waals surface area (Å²) in [6.07, 6.45) is -9.40. The van der Waals surface area contributed by atoms with Crippen LogP contribution in [0.4, 0.5) is 23.9 Å². The summed E-state index contributed by atoms with van der Waals surface area (Å²) < 4.78 is 50.8. The van der Waals surface area contributed by atoms with Crippen molar-refractivity contribution >= 4 is 51.7 Å². The largest absolute Gasteiger partial charge is 0.479 e. The maximum atomic E-state index is 14.1. The van der Waals surface area contributed by atoms with Gasteiger partial charge in [-0.25, -0.2) is 28.8 Å². The Kier molecular flexibility index (Phi) is 12.7. The molecular weight excluding hydrogens is 791 g/mol. The number of aliphatic hydroxyl groups excluding tert-OH is 2. The standard InChI is InChI=1S/C34H33BrF3N5O11/c1-5-16(2)39-32-40-24-14-42(28(47)19-8-11-23(35)22(13-19)34(36,37)38)17(3)12-21(24)29(48)43(32)20-9-6-18(7-10-20)27(46)41(4)33(52)54-15-53-31(51)26(45)25(44)30(49)50/h5-11,13,16-17,25-26,44-45H,1,12,14-15H2,2-4H3,(H,39,40)(H,49,50). The number of aliphatic hydroxyl groups is 2. The molecule has 4 N–H and O–H groups in total. The molecule has 288 valence electrons. The normalized spacial score (nSPS) is 15.6. The number of aromatic nitrogens is 2. The lowest BCUT2D eigenvalue weighted by molar-refractivity contribution is -0.175. The zero-order valence-electron chi connectivity index (χ0n) is 28.7. The van der Waals surface area contributed by atoms with Crippen molar-refractivity contribution in [1.82, 2.24) is 19.4 Å². The molecule has 20 heteroatoms. The Morgan fingerprint density at radius 3 is 2.31 bits per heavy atom. The highest BCUT2D eigenvalue weighted by Crippen LogP contribution is 2.36. The van der Waals surface area contributed by atoms with E-state index >= 15 is 0 Å². The molecule has 54 heavy (non-hydrogen) atoms. The van der Waals surface area contributed by atoms with Crippen molar-refractivity contribution < 1.29 is 61.9 Å². The number of carboxylic acid groups (broad SMARTS) is 1. The van der Waals surface area contributed by atoms with E-state index in [1.165, 1.54) is 39.8 Å². The van der Waals surface area contributed by atoms with Crippen LogP contribution < -0.4 is 10.9 Å². The fraction of sp³-hybridized carbons (Fsp3) is 0.324. The van der Waals surface area contributed by atoms with Gasteiger partial charge in [-0.1, -0.05) is 22.0 Å². The van der Waals surface area contributed by atoms with Crippen LogP contribution in [0.25, 0.3) is 5.69 Å². The number of esters is 1. The van der Waals surface area contributed by atoms with Gasteiger partial charge in [0.25, 0.3) is 17.4 Å². The van der Waals surface area contributed by atoms with E-state index in [1.54, 1.807) is 19.9 Å². The first-order valence-electron chi connectivity index (χ1n) is 15.8. The predicted octanol–water partition coefficient (Wildman–Crippen LogP) is 3.10. The lowest BCUT2D eigenvalue weighted by Gasteiger charge is -2.35. The van der Waals surface area contributed by atoms with E-state index in [1.807, 2.05) is 0 Å². The fourth-order valence-electron chi connectivity index (χ4n) is 5.18. The van der Waals surface area contributed by atoms with Gasteiger partial charge >= 0.3 is 24.2 Å². The summed E-state index contributed by atoms with van der Waals surface area (Å²) >= 11 is 2.87. The summed E-state index contributed by atoms with van der Waals surface area (Å²) in [5.41, 5.74) is -1.06. The molecular formula is C34H33BrF3N5O11. The molecule has 4 atom stereocenters. The first-order chi connectivity index (χ1) is 25.3. The number of hydrogen-bond acceptors (Lipinski definition) is 12. The number of carboxylic acids is 1. The summed E-state index contributed by atoms with van der Waals surface area (Å²) in [5, 5.41) is 30.4. The summed E-state index contributed by atoms with van der Waals surface area (Å²) in [7, 11) is 1.04. The van der Waals surface area contributed by atoms with Gasteiger partial charge in [0, 0.05) is 40.3 Å². The van der Waals surface area contributed by atoms with Crippen LogP contribution >= 0.6 is 15.9 Å². The number of benzene rings is 2. The van der Waals surface area contributed by atoms with Gasteiger partial charge in [0.05, 0.1) is 23.5 Å². The second-order valence-electron chi connectivity index (χ2n) is 12.0. The Morgan fingerprint density at radius 2 is 1.72 bits per heavy atom. The van der Waals surface area contributed by atoms with Gasteiger partial charge < -0.3 is 35.0 Å².